The van der Waals surface area contributed by atoms with Gasteiger partial charge in [-0.3, -0.25) is 0 Å². The Kier molecular flexibility index (Phi) is 5.57. The smallest absolute Gasteiger partial charge is 0.163 e. The zero-order valence-corrected chi connectivity index (χ0v) is 18.8. The summed E-state index contributed by atoms with van der Waals surface area (Å²) in [6, 6.07) is 12.3. The van der Waals surface area contributed by atoms with Gasteiger partial charge in [0, 0.05) is 33.7 Å². The molecule has 0 bridgehead atoms. The van der Waals surface area contributed by atoms with Gasteiger partial charge in [0.25, 0.3) is 0 Å². The van der Waals surface area contributed by atoms with E-state index in [-0.39, 0.29) is 0 Å². The van der Waals surface area contributed by atoms with Crippen LogP contribution in [-0.2, 0) is 0 Å². The Balaban J connectivity index is 1.40. The standard InChI is InChI=1S/C25H29N5O2/c1-16-10-18-11-19(4-5-21(18)28-16)29-25-20-12-23(31-3)24(13-22(20)26-15-27-25)32-14-17-6-8-30(2)9-7-17/h4-5,10-13,15,17,28H,6-9,14H2,1-3H3,(H,26,27,29). The van der Waals surface area contributed by atoms with Gasteiger partial charge in [-0.2, -0.15) is 0 Å². The number of benzene rings is 2. The average molecular weight is 432 g/mol. The number of ether oxygens (including phenoxy) is 2. The summed E-state index contributed by atoms with van der Waals surface area (Å²) >= 11 is 0. The fraction of sp³-hybridized carbons (Fsp3) is 0.360. The summed E-state index contributed by atoms with van der Waals surface area (Å²) in [4.78, 5) is 14.7. The minimum absolute atomic E-state index is 0.571. The van der Waals surface area contributed by atoms with Crippen molar-refractivity contribution >= 4 is 33.3 Å². The van der Waals surface area contributed by atoms with Crippen molar-refractivity contribution < 1.29 is 9.47 Å². The monoisotopic (exact) mass is 431 g/mol. The lowest BCUT2D eigenvalue weighted by Gasteiger charge is -2.28. The summed E-state index contributed by atoms with van der Waals surface area (Å²) in [5.74, 6) is 2.73. The second kappa shape index (κ2) is 8.67. The topological polar surface area (TPSA) is 75.3 Å². The van der Waals surface area contributed by atoms with Gasteiger partial charge in [0.15, 0.2) is 11.5 Å². The Hall–Kier alpha value is -3.32. The highest BCUT2D eigenvalue weighted by molar-refractivity contribution is 5.94. The van der Waals surface area contributed by atoms with E-state index in [0.29, 0.717) is 18.3 Å². The maximum atomic E-state index is 6.19. The summed E-state index contributed by atoms with van der Waals surface area (Å²) in [5, 5.41) is 5.49. The Morgan fingerprint density at radius 1 is 1.09 bits per heavy atom. The molecule has 1 aliphatic rings. The molecule has 0 aliphatic carbocycles. The number of fused-ring (bicyclic) bond motifs is 2. The first-order valence-electron chi connectivity index (χ1n) is 11.1. The second-order valence-electron chi connectivity index (χ2n) is 8.68. The quantitative estimate of drug-likeness (QED) is 0.453. The van der Waals surface area contributed by atoms with Crippen molar-refractivity contribution in [1.29, 1.82) is 0 Å². The lowest BCUT2D eigenvalue weighted by atomic mass is 9.98. The number of H-pyrrole nitrogens is 1. The zero-order chi connectivity index (χ0) is 22.1. The van der Waals surface area contributed by atoms with Crippen molar-refractivity contribution in [2.24, 2.45) is 5.92 Å². The van der Waals surface area contributed by atoms with Crippen LogP contribution < -0.4 is 14.8 Å². The molecule has 1 aliphatic heterocycles. The van der Waals surface area contributed by atoms with E-state index in [1.54, 1.807) is 13.4 Å². The number of rotatable bonds is 6. The molecule has 0 spiro atoms. The zero-order valence-electron chi connectivity index (χ0n) is 18.8. The van der Waals surface area contributed by atoms with Crippen LogP contribution >= 0.6 is 0 Å². The molecule has 32 heavy (non-hydrogen) atoms. The van der Waals surface area contributed by atoms with Crippen LogP contribution in [0.1, 0.15) is 18.5 Å². The first kappa shape index (κ1) is 20.6. The van der Waals surface area contributed by atoms with Gasteiger partial charge in [-0.1, -0.05) is 0 Å². The Labute approximate surface area is 187 Å². The van der Waals surface area contributed by atoms with Gasteiger partial charge in [-0.15, -0.1) is 0 Å². The van der Waals surface area contributed by atoms with Gasteiger partial charge >= 0.3 is 0 Å². The van der Waals surface area contributed by atoms with Gasteiger partial charge in [-0.25, -0.2) is 9.97 Å². The number of likely N-dealkylation sites (tertiary alicyclic amines) is 1. The van der Waals surface area contributed by atoms with Crippen LogP contribution in [0.15, 0.2) is 42.7 Å². The minimum Gasteiger partial charge on any atom is -0.493 e. The highest BCUT2D eigenvalue weighted by Gasteiger charge is 2.19. The number of methoxy groups -OCH3 is 1. The number of nitrogens with zero attached hydrogens (tertiary/aromatic N) is 3. The lowest BCUT2D eigenvalue weighted by molar-refractivity contribution is 0.157. The van der Waals surface area contributed by atoms with Crippen LogP contribution in [0.4, 0.5) is 11.5 Å². The van der Waals surface area contributed by atoms with E-state index >= 15 is 0 Å². The third-order valence-corrected chi connectivity index (χ3v) is 6.25. The molecule has 1 fully saturated rings. The van der Waals surface area contributed by atoms with E-state index in [4.69, 9.17) is 9.47 Å². The SMILES string of the molecule is COc1cc2c(Nc3ccc4[nH]c(C)cc4c3)ncnc2cc1OCC1CCN(C)CC1. The molecule has 166 valence electrons. The summed E-state index contributed by atoms with van der Waals surface area (Å²) in [7, 11) is 3.84. The highest BCUT2D eigenvalue weighted by atomic mass is 16.5. The molecule has 3 heterocycles. The summed E-state index contributed by atoms with van der Waals surface area (Å²) in [6.07, 6.45) is 3.90. The van der Waals surface area contributed by atoms with Crippen LogP contribution in [0.2, 0.25) is 0 Å². The van der Waals surface area contributed by atoms with E-state index < -0.39 is 0 Å². The third-order valence-electron chi connectivity index (χ3n) is 6.25. The summed E-state index contributed by atoms with van der Waals surface area (Å²) in [5.41, 5.74) is 4.05. The lowest BCUT2D eigenvalue weighted by Crippen LogP contribution is -2.32. The number of anilines is 2. The average Bonchev–Trinajstić information content (AvgIpc) is 3.17. The molecule has 0 saturated carbocycles. The molecule has 7 heteroatoms. The van der Waals surface area contributed by atoms with Crippen molar-refractivity contribution in [3.63, 3.8) is 0 Å². The molecule has 4 aromatic rings. The van der Waals surface area contributed by atoms with Gasteiger partial charge in [0.05, 0.1) is 19.2 Å². The number of aromatic amines is 1. The number of nitrogens with one attached hydrogen (secondary N) is 2. The second-order valence-corrected chi connectivity index (χ2v) is 8.68. The molecule has 0 unspecified atom stereocenters. The number of aryl methyl sites for hydroxylation is 1. The molecule has 7 nitrogen and oxygen atoms in total. The van der Waals surface area contributed by atoms with Crippen LogP contribution in [0.3, 0.4) is 0 Å². The van der Waals surface area contributed by atoms with Crippen molar-refractivity contribution in [2.75, 3.05) is 39.2 Å². The van der Waals surface area contributed by atoms with Crippen LogP contribution in [-0.4, -0.2) is 53.7 Å². The predicted molar refractivity (Wildman–Crippen MR) is 128 cm³/mol. The van der Waals surface area contributed by atoms with Gasteiger partial charge in [0.2, 0.25) is 0 Å². The van der Waals surface area contributed by atoms with Crippen molar-refractivity contribution in [3.8, 4) is 11.5 Å². The normalized spacial score (nSPS) is 15.3. The molecular weight excluding hydrogens is 402 g/mol. The summed E-state index contributed by atoms with van der Waals surface area (Å²) in [6.45, 7) is 5.00. The van der Waals surface area contributed by atoms with Crippen molar-refractivity contribution in [3.05, 3.63) is 48.4 Å². The number of aromatic nitrogens is 3. The summed E-state index contributed by atoms with van der Waals surface area (Å²) < 4.78 is 11.8. The molecule has 5 rings (SSSR count). The van der Waals surface area contributed by atoms with Crippen LogP contribution in [0.25, 0.3) is 21.8 Å². The Morgan fingerprint density at radius 3 is 2.75 bits per heavy atom. The predicted octanol–water partition coefficient (Wildman–Crippen LogP) is 4.89. The molecule has 2 aromatic heterocycles. The molecule has 2 N–H and O–H groups in total. The fourth-order valence-corrected chi connectivity index (χ4v) is 4.36. The van der Waals surface area contributed by atoms with Gasteiger partial charge < -0.3 is 24.7 Å². The third kappa shape index (κ3) is 4.21. The van der Waals surface area contributed by atoms with Crippen LogP contribution in [0.5, 0.6) is 11.5 Å². The van der Waals surface area contributed by atoms with Gasteiger partial charge in [-0.05, 0) is 76.2 Å². The Morgan fingerprint density at radius 2 is 1.94 bits per heavy atom. The van der Waals surface area contributed by atoms with Crippen LogP contribution in [0, 0.1) is 12.8 Å². The first-order chi connectivity index (χ1) is 15.6. The molecule has 0 amide bonds. The molecule has 1 saturated heterocycles. The molecule has 2 aromatic carbocycles. The molecule has 0 atom stereocenters. The van der Waals surface area contributed by atoms with E-state index in [9.17, 15) is 0 Å². The van der Waals surface area contributed by atoms with E-state index in [2.05, 4.69) is 57.3 Å². The van der Waals surface area contributed by atoms with Crippen molar-refractivity contribution in [2.45, 2.75) is 19.8 Å². The molecule has 0 radical (unpaired) electrons. The van der Waals surface area contributed by atoms with Gasteiger partial charge in [0.1, 0.15) is 12.1 Å². The molecular formula is C25H29N5O2. The van der Waals surface area contributed by atoms with Crippen molar-refractivity contribution in [1.82, 2.24) is 19.9 Å². The van der Waals surface area contributed by atoms with E-state index in [1.807, 2.05) is 18.2 Å². The number of hydrogen-bond donors (Lipinski definition) is 2. The largest absolute Gasteiger partial charge is 0.493 e. The maximum Gasteiger partial charge on any atom is 0.163 e. The number of hydrogen-bond acceptors (Lipinski definition) is 6. The minimum atomic E-state index is 0.571. The maximum absolute atomic E-state index is 6.19. The highest BCUT2D eigenvalue weighted by Crippen LogP contribution is 2.35. The van der Waals surface area contributed by atoms with E-state index in [0.717, 1.165) is 70.7 Å². The Bertz CT molecular complexity index is 1240. The number of piperidine rings is 1. The van der Waals surface area contributed by atoms with E-state index in [1.165, 1.54) is 0 Å². The first-order valence-corrected chi connectivity index (χ1v) is 11.1. The fourth-order valence-electron chi connectivity index (χ4n) is 4.36.